The fourth-order valence-electron chi connectivity index (χ4n) is 1.77. The van der Waals surface area contributed by atoms with Gasteiger partial charge in [-0.2, -0.15) is 0 Å². The topological polar surface area (TPSA) is 37.3 Å². The van der Waals surface area contributed by atoms with E-state index < -0.39 is 5.97 Å². The van der Waals surface area contributed by atoms with Crippen LogP contribution < -0.4 is 0 Å². The molecule has 0 aromatic rings. The van der Waals surface area contributed by atoms with E-state index in [2.05, 4.69) is 13.5 Å². The standard InChI is InChI=1S/C9H18.C4H6O2/c1-2-9-7-5-3-4-6-8-9;1-3(2)4(5)6/h9H,2-8H2,1H3;1H2,2H3,(H,5,6). The van der Waals surface area contributed by atoms with Crippen LogP contribution in [0.3, 0.4) is 0 Å². The summed E-state index contributed by atoms with van der Waals surface area (Å²) >= 11 is 0. The molecule has 2 heteroatoms. The van der Waals surface area contributed by atoms with Gasteiger partial charge in [-0.1, -0.05) is 58.4 Å². The maximum absolute atomic E-state index is 9.60. The maximum Gasteiger partial charge on any atom is 0.330 e. The molecule has 15 heavy (non-hydrogen) atoms. The van der Waals surface area contributed by atoms with Gasteiger partial charge in [0.25, 0.3) is 0 Å². The average Bonchev–Trinajstić information content (AvgIpc) is 2.46. The predicted octanol–water partition coefficient (Wildman–Crippen LogP) is 4.01. The summed E-state index contributed by atoms with van der Waals surface area (Å²) < 4.78 is 0. The summed E-state index contributed by atoms with van der Waals surface area (Å²) in [5.41, 5.74) is 0.176. The van der Waals surface area contributed by atoms with Crippen LogP contribution in [-0.4, -0.2) is 11.1 Å². The van der Waals surface area contributed by atoms with Crippen molar-refractivity contribution in [2.24, 2.45) is 5.92 Å². The Hall–Kier alpha value is -0.790. The van der Waals surface area contributed by atoms with Crippen LogP contribution in [-0.2, 0) is 4.79 Å². The van der Waals surface area contributed by atoms with E-state index in [-0.39, 0.29) is 5.57 Å². The van der Waals surface area contributed by atoms with Crippen molar-refractivity contribution in [1.82, 2.24) is 0 Å². The highest BCUT2D eigenvalue weighted by atomic mass is 16.4. The first-order chi connectivity index (χ1) is 7.07. The van der Waals surface area contributed by atoms with Gasteiger partial charge in [0.05, 0.1) is 0 Å². The Balaban J connectivity index is 0.000000288. The molecule has 0 heterocycles. The van der Waals surface area contributed by atoms with Crippen molar-refractivity contribution in [1.29, 1.82) is 0 Å². The second kappa shape index (κ2) is 8.51. The van der Waals surface area contributed by atoms with Crippen molar-refractivity contribution in [2.75, 3.05) is 0 Å². The van der Waals surface area contributed by atoms with Gasteiger partial charge in [0.2, 0.25) is 0 Å². The molecule has 2 nitrogen and oxygen atoms in total. The van der Waals surface area contributed by atoms with E-state index in [1.54, 1.807) is 0 Å². The van der Waals surface area contributed by atoms with Gasteiger partial charge in [-0.3, -0.25) is 0 Å². The first-order valence-corrected chi connectivity index (χ1v) is 5.96. The first-order valence-electron chi connectivity index (χ1n) is 5.96. The number of hydrogen-bond donors (Lipinski definition) is 1. The lowest BCUT2D eigenvalue weighted by molar-refractivity contribution is -0.132. The van der Waals surface area contributed by atoms with Gasteiger partial charge >= 0.3 is 5.97 Å². The highest BCUT2D eigenvalue weighted by Crippen LogP contribution is 2.24. The van der Waals surface area contributed by atoms with E-state index in [0.717, 1.165) is 5.92 Å². The molecule has 88 valence electrons. The van der Waals surface area contributed by atoms with Crippen LogP contribution in [0.4, 0.5) is 0 Å². The van der Waals surface area contributed by atoms with Gasteiger partial charge in [-0.15, -0.1) is 0 Å². The molecule has 0 aromatic carbocycles. The van der Waals surface area contributed by atoms with E-state index in [4.69, 9.17) is 5.11 Å². The molecule has 0 amide bonds. The van der Waals surface area contributed by atoms with E-state index in [9.17, 15) is 4.79 Å². The Kier molecular flexibility index (Phi) is 8.06. The molecule has 1 fully saturated rings. The maximum atomic E-state index is 9.60. The monoisotopic (exact) mass is 212 g/mol. The number of hydrogen-bond acceptors (Lipinski definition) is 1. The van der Waals surface area contributed by atoms with Gasteiger partial charge < -0.3 is 5.11 Å². The highest BCUT2D eigenvalue weighted by Gasteiger charge is 2.08. The quantitative estimate of drug-likeness (QED) is 0.554. The van der Waals surface area contributed by atoms with Gasteiger partial charge in [-0.25, -0.2) is 4.79 Å². The minimum Gasteiger partial charge on any atom is -0.478 e. The number of aliphatic carboxylic acids is 1. The molecule has 1 aliphatic rings. The SMILES string of the molecule is C=C(C)C(=O)O.CCC1CCCCCC1. The molecule has 0 atom stereocenters. The lowest BCUT2D eigenvalue weighted by Gasteiger charge is -2.08. The molecule has 0 unspecified atom stereocenters. The lowest BCUT2D eigenvalue weighted by atomic mass is 9.98. The molecule has 1 rings (SSSR count). The lowest BCUT2D eigenvalue weighted by Crippen LogP contribution is -1.94. The minimum absolute atomic E-state index is 0.176. The fourth-order valence-corrected chi connectivity index (χ4v) is 1.77. The smallest absolute Gasteiger partial charge is 0.330 e. The number of carboxylic acid groups (broad SMARTS) is 1. The van der Waals surface area contributed by atoms with E-state index in [1.165, 1.54) is 51.9 Å². The molecular weight excluding hydrogens is 188 g/mol. The second-order valence-corrected chi connectivity index (χ2v) is 4.35. The van der Waals surface area contributed by atoms with Crippen LogP contribution in [0.15, 0.2) is 12.2 Å². The van der Waals surface area contributed by atoms with Crippen LogP contribution >= 0.6 is 0 Å². The molecule has 0 aliphatic heterocycles. The van der Waals surface area contributed by atoms with Crippen LogP contribution in [0.2, 0.25) is 0 Å². The Labute approximate surface area is 93.4 Å². The van der Waals surface area contributed by atoms with E-state index in [0.29, 0.717) is 0 Å². The van der Waals surface area contributed by atoms with Crippen molar-refractivity contribution in [2.45, 2.75) is 58.8 Å². The zero-order chi connectivity index (χ0) is 11.7. The Bertz CT molecular complexity index is 177. The molecule has 0 aromatic heterocycles. The summed E-state index contributed by atoms with van der Waals surface area (Å²) in [5, 5.41) is 7.89. The molecule has 1 N–H and O–H groups in total. The van der Waals surface area contributed by atoms with Crippen molar-refractivity contribution in [3.63, 3.8) is 0 Å². The summed E-state index contributed by atoms with van der Waals surface area (Å²) in [6.45, 7) is 6.93. The molecular formula is C13H24O2. The van der Waals surface area contributed by atoms with Crippen LogP contribution in [0, 0.1) is 5.92 Å². The minimum atomic E-state index is -0.935. The zero-order valence-corrected chi connectivity index (χ0v) is 10.1. The summed E-state index contributed by atoms with van der Waals surface area (Å²) in [5.74, 6) is 0.141. The third-order valence-electron chi connectivity index (χ3n) is 2.92. The summed E-state index contributed by atoms with van der Waals surface area (Å²) in [7, 11) is 0. The highest BCUT2D eigenvalue weighted by molar-refractivity contribution is 5.84. The second-order valence-electron chi connectivity index (χ2n) is 4.35. The van der Waals surface area contributed by atoms with Gasteiger partial charge in [0.1, 0.15) is 0 Å². The Morgan fingerprint density at radius 1 is 1.27 bits per heavy atom. The van der Waals surface area contributed by atoms with E-state index in [1.807, 2.05) is 0 Å². The number of carboxylic acids is 1. The fraction of sp³-hybridized carbons (Fsp3) is 0.769. The largest absolute Gasteiger partial charge is 0.478 e. The molecule has 0 radical (unpaired) electrons. The third kappa shape index (κ3) is 8.22. The Morgan fingerprint density at radius 2 is 1.67 bits per heavy atom. The van der Waals surface area contributed by atoms with Crippen LogP contribution in [0.5, 0.6) is 0 Å². The van der Waals surface area contributed by atoms with Crippen molar-refractivity contribution in [3.8, 4) is 0 Å². The molecule has 0 bridgehead atoms. The summed E-state index contributed by atoms with van der Waals surface area (Å²) in [6.07, 6.45) is 10.4. The van der Waals surface area contributed by atoms with Crippen molar-refractivity contribution in [3.05, 3.63) is 12.2 Å². The van der Waals surface area contributed by atoms with Crippen LogP contribution in [0.25, 0.3) is 0 Å². The van der Waals surface area contributed by atoms with Gasteiger partial charge in [-0.05, 0) is 12.8 Å². The number of carbonyl (C=O) groups is 1. The van der Waals surface area contributed by atoms with Gasteiger partial charge in [0, 0.05) is 5.57 Å². The normalized spacial score (nSPS) is 17.2. The molecule has 0 saturated heterocycles. The molecule has 1 saturated carbocycles. The van der Waals surface area contributed by atoms with Crippen molar-refractivity contribution >= 4 is 5.97 Å². The number of rotatable bonds is 2. The average molecular weight is 212 g/mol. The van der Waals surface area contributed by atoms with Crippen LogP contribution in [0.1, 0.15) is 58.8 Å². The van der Waals surface area contributed by atoms with Gasteiger partial charge in [0.15, 0.2) is 0 Å². The van der Waals surface area contributed by atoms with E-state index >= 15 is 0 Å². The van der Waals surface area contributed by atoms with Crippen molar-refractivity contribution < 1.29 is 9.90 Å². The first kappa shape index (κ1) is 14.2. The molecule has 0 spiro atoms. The molecule has 1 aliphatic carbocycles. The third-order valence-corrected chi connectivity index (χ3v) is 2.92. The predicted molar refractivity (Wildman–Crippen MR) is 63.9 cm³/mol. The zero-order valence-electron chi connectivity index (χ0n) is 10.1. The Morgan fingerprint density at radius 3 is 1.93 bits per heavy atom. The summed E-state index contributed by atoms with van der Waals surface area (Å²) in [6, 6.07) is 0. The summed E-state index contributed by atoms with van der Waals surface area (Å²) in [4.78, 5) is 9.60.